The number of aromatic nitrogens is 1. The van der Waals surface area contributed by atoms with Gasteiger partial charge in [-0.1, -0.05) is 164 Å². The SMILES string of the molecule is c1ccc(-c2ccc(N(c3ccc4c(c3)-c3ccccc3C4(c3ccccc3)c3ccccc3)c3ccc4c(n3)oc3c5ccccc5ccc43)cc2)cc1. The van der Waals surface area contributed by atoms with E-state index in [-0.39, 0.29) is 0 Å². The Morgan fingerprint density at radius 2 is 1.02 bits per heavy atom. The first kappa shape index (κ1) is 31.3. The zero-order chi connectivity index (χ0) is 36.3. The van der Waals surface area contributed by atoms with Crippen LogP contribution in [0, 0.1) is 0 Å². The summed E-state index contributed by atoms with van der Waals surface area (Å²) in [5.41, 5.74) is 12.9. The van der Waals surface area contributed by atoms with Crippen LogP contribution in [0.1, 0.15) is 22.3 Å². The van der Waals surface area contributed by atoms with Crippen molar-refractivity contribution in [1.29, 1.82) is 0 Å². The van der Waals surface area contributed by atoms with Crippen molar-refractivity contribution in [1.82, 2.24) is 4.98 Å². The number of benzene rings is 8. The van der Waals surface area contributed by atoms with Gasteiger partial charge in [-0.05, 0) is 92.4 Å². The third-order valence-electron chi connectivity index (χ3n) is 11.4. The number of nitrogens with zero attached hydrogens (tertiary/aromatic N) is 2. The van der Waals surface area contributed by atoms with E-state index in [9.17, 15) is 0 Å². The van der Waals surface area contributed by atoms with Crippen molar-refractivity contribution < 1.29 is 4.42 Å². The van der Waals surface area contributed by atoms with E-state index in [0.717, 1.165) is 49.9 Å². The molecule has 0 N–H and O–H groups in total. The minimum atomic E-state index is -0.469. The summed E-state index contributed by atoms with van der Waals surface area (Å²) in [7, 11) is 0. The van der Waals surface area contributed by atoms with Crippen LogP contribution in [0.15, 0.2) is 211 Å². The Morgan fingerprint density at radius 3 is 1.78 bits per heavy atom. The molecule has 3 nitrogen and oxygen atoms in total. The highest BCUT2D eigenvalue weighted by atomic mass is 16.3. The lowest BCUT2D eigenvalue weighted by Crippen LogP contribution is -2.28. The lowest BCUT2D eigenvalue weighted by atomic mass is 9.68. The summed E-state index contributed by atoms with van der Waals surface area (Å²) < 4.78 is 6.61. The van der Waals surface area contributed by atoms with E-state index in [1.54, 1.807) is 0 Å². The molecule has 10 aromatic rings. The first-order valence-electron chi connectivity index (χ1n) is 18.8. The van der Waals surface area contributed by atoms with Crippen LogP contribution in [0.25, 0.3) is 55.1 Å². The second-order valence-electron chi connectivity index (χ2n) is 14.3. The average molecular weight is 703 g/mol. The Hall–Kier alpha value is -7.23. The van der Waals surface area contributed by atoms with Crippen LogP contribution in [0.5, 0.6) is 0 Å². The molecule has 0 radical (unpaired) electrons. The Kier molecular flexibility index (Phi) is 7.08. The molecule has 0 saturated carbocycles. The average Bonchev–Trinajstić information content (AvgIpc) is 3.79. The molecule has 0 saturated heterocycles. The third kappa shape index (κ3) is 4.80. The highest BCUT2D eigenvalue weighted by Crippen LogP contribution is 2.57. The first-order chi connectivity index (χ1) is 27.3. The van der Waals surface area contributed by atoms with Crippen LogP contribution < -0.4 is 4.90 Å². The standard InChI is InChI=1S/C52H34N2O/c1-4-14-35(15-5-1)36-24-27-40(28-25-36)54(49-33-31-45-44-30-26-37-16-10-11-21-42(37)50(44)55-51(45)53-49)41-29-32-48-46(34-41)43-22-12-13-23-47(43)52(48,38-17-6-2-7-18-38)39-19-8-3-9-20-39/h1-34H. The van der Waals surface area contributed by atoms with Gasteiger partial charge in [0.2, 0.25) is 5.71 Å². The number of rotatable bonds is 6. The fourth-order valence-electron chi connectivity index (χ4n) is 8.92. The Morgan fingerprint density at radius 1 is 0.418 bits per heavy atom. The lowest BCUT2D eigenvalue weighted by Gasteiger charge is -2.34. The van der Waals surface area contributed by atoms with Crippen molar-refractivity contribution in [2.24, 2.45) is 0 Å². The molecular formula is C52H34N2O. The van der Waals surface area contributed by atoms with E-state index in [1.807, 2.05) is 0 Å². The van der Waals surface area contributed by atoms with Crippen LogP contribution in [-0.4, -0.2) is 4.98 Å². The van der Waals surface area contributed by atoms with E-state index in [0.29, 0.717) is 5.71 Å². The molecule has 8 aromatic carbocycles. The van der Waals surface area contributed by atoms with Gasteiger partial charge in [0.15, 0.2) is 0 Å². The Bertz CT molecular complexity index is 2980. The molecule has 1 aliphatic rings. The van der Waals surface area contributed by atoms with Gasteiger partial charge in [-0.2, -0.15) is 4.98 Å². The lowest BCUT2D eigenvalue weighted by molar-refractivity contribution is 0.658. The van der Waals surface area contributed by atoms with E-state index in [1.165, 1.54) is 38.9 Å². The van der Waals surface area contributed by atoms with Gasteiger partial charge < -0.3 is 4.42 Å². The molecule has 3 heteroatoms. The largest absolute Gasteiger partial charge is 0.437 e. The normalized spacial score (nSPS) is 12.9. The molecule has 0 unspecified atom stereocenters. The van der Waals surface area contributed by atoms with E-state index in [2.05, 4.69) is 211 Å². The molecule has 0 spiro atoms. The second kappa shape index (κ2) is 12.4. The zero-order valence-corrected chi connectivity index (χ0v) is 29.9. The number of hydrogen-bond donors (Lipinski definition) is 0. The van der Waals surface area contributed by atoms with Crippen LogP contribution in [-0.2, 0) is 5.41 Å². The number of anilines is 3. The molecule has 55 heavy (non-hydrogen) atoms. The van der Waals surface area contributed by atoms with Crippen LogP contribution >= 0.6 is 0 Å². The zero-order valence-electron chi connectivity index (χ0n) is 29.9. The van der Waals surface area contributed by atoms with E-state index >= 15 is 0 Å². The quantitative estimate of drug-likeness (QED) is 0.173. The highest BCUT2D eigenvalue weighted by Gasteiger charge is 2.46. The van der Waals surface area contributed by atoms with E-state index < -0.39 is 5.41 Å². The second-order valence-corrected chi connectivity index (χ2v) is 14.3. The van der Waals surface area contributed by atoms with Crippen molar-refractivity contribution in [2.45, 2.75) is 5.41 Å². The van der Waals surface area contributed by atoms with Gasteiger partial charge in [-0.25, -0.2) is 0 Å². The first-order valence-corrected chi connectivity index (χ1v) is 18.8. The monoisotopic (exact) mass is 702 g/mol. The number of hydrogen-bond acceptors (Lipinski definition) is 3. The maximum Gasteiger partial charge on any atom is 0.229 e. The van der Waals surface area contributed by atoms with Gasteiger partial charge in [0.1, 0.15) is 11.4 Å². The molecule has 2 heterocycles. The predicted octanol–water partition coefficient (Wildman–Crippen LogP) is 13.6. The van der Waals surface area contributed by atoms with Gasteiger partial charge in [-0.3, -0.25) is 4.90 Å². The molecule has 0 fully saturated rings. The van der Waals surface area contributed by atoms with Gasteiger partial charge in [0.05, 0.1) is 5.41 Å². The van der Waals surface area contributed by atoms with Crippen molar-refractivity contribution >= 4 is 50.0 Å². The van der Waals surface area contributed by atoms with Gasteiger partial charge >= 0.3 is 0 Å². The molecular weight excluding hydrogens is 669 g/mol. The molecule has 11 rings (SSSR count). The summed E-state index contributed by atoms with van der Waals surface area (Å²) in [6.07, 6.45) is 0. The highest BCUT2D eigenvalue weighted by molar-refractivity contribution is 6.14. The predicted molar refractivity (Wildman–Crippen MR) is 226 cm³/mol. The molecule has 0 atom stereocenters. The minimum Gasteiger partial charge on any atom is -0.437 e. The van der Waals surface area contributed by atoms with Crippen LogP contribution in [0.2, 0.25) is 0 Å². The fraction of sp³-hybridized carbons (Fsp3) is 0.0192. The number of furan rings is 1. The van der Waals surface area contributed by atoms with E-state index in [4.69, 9.17) is 9.40 Å². The summed E-state index contributed by atoms with van der Waals surface area (Å²) in [5.74, 6) is 0.784. The van der Waals surface area contributed by atoms with Crippen molar-refractivity contribution in [3.63, 3.8) is 0 Å². The Balaban J connectivity index is 1.13. The maximum atomic E-state index is 6.61. The summed E-state index contributed by atoms with van der Waals surface area (Å²) in [6, 6.07) is 74.0. The Labute approximate surface area is 319 Å². The molecule has 1 aliphatic carbocycles. The molecule has 2 aromatic heterocycles. The summed E-state index contributed by atoms with van der Waals surface area (Å²) in [4.78, 5) is 7.53. The number of fused-ring (bicyclic) bond motifs is 8. The fourth-order valence-corrected chi connectivity index (χ4v) is 8.92. The minimum absolute atomic E-state index is 0.469. The molecule has 0 bridgehead atoms. The molecule has 0 amide bonds. The smallest absolute Gasteiger partial charge is 0.229 e. The van der Waals surface area contributed by atoms with Crippen molar-refractivity contribution in [3.8, 4) is 22.3 Å². The maximum absolute atomic E-state index is 6.61. The summed E-state index contributed by atoms with van der Waals surface area (Å²) in [5, 5.41) is 4.31. The summed E-state index contributed by atoms with van der Waals surface area (Å²) in [6.45, 7) is 0. The summed E-state index contributed by atoms with van der Waals surface area (Å²) >= 11 is 0. The molecule has 0 aliphatic heterocycles. The van der Waals surface area contributed by atoms with Crippen molar-refractivity contribution in [3.05, 3.63) is 229 Å². The van der Waals surface area contributed by atoms with Gasteiger partial charge in [0.25, 0.3) is 0 Å². The number of pyridine rings is 1. The van der Waals surface area contributed by atoms with Gasteiger partial charge in [0, 0.05) is 27.5 Å². The topological polar surface area (TPSA) is 29.3 Å². The van der Waals surface area contributed by atoms with Gasteiger partial charge in [-0.15, -0.1) is 0 Å². The molecule has 258 valence electrons. The third-order valence-corrected chi connectivity index (χ3v) is 11.4. The van der Waals surface area contributed by atoms with Crippen molar-refractivity contribution in [2.75, 3.05) is 4.90 Å². The van der Waals surface area contributed by atoms with Crippen LogP contribution in [0.3, 0.4) is 0 Å². The van der Waals surface area contributed by atoms with Crippen LogP contribution in [0.4, 0.5) is 17.2 Å².